The molecule has 0 amide bonds. The van der Waals surface area contributed by atoms with E-state index in [1.165, 1.54) is 12.1 Å². The summed E-state index contributed by atoms with van der Waals surface area (Å²) in [6, 6.07) is 14.6. The Morgan fingerprint density at radius 1 is 1.07 bits per heavy atom. The van der Waals surface area contributed by atoms with E-state index in [1.54, 1.807) is 12.1 Å². The second-order valence-corrected chi connectivity index (χ2v) is 6.73. The molecular formula is C22H19FN2O2. The lowest BCUT2D eigenvalue weighted by molar-refractivity contribution is 0.171. The molecule has 5 heteroatoms. The third-order valence-corrected chi connectivity index (χ3v) is 5.09. The van der Waals surface area contributed by atoms with Crippen LogP contribution in [0.25, 0.3) is 5.69 Å². The van der Waals surface area contributed by atoms with Gasteiger partial charge >= 0.3 is 0 Å². The summed E-state index contributed by atoms with van der Waals surface area (Å²) in [4.78, 5) is 5.07. The Morgan fingerprint density at radius 2 is 1.81 bits per heavy atom. The summed E-state index contributed by atoms with van der Waals surface area (Å²) >= 11 is 0. The fourth-order valence-corrected chi connectivity index (χ4v) is 3.79. The molecule has 0 aliphatic carbocycles. The SMILES string of the molecule is CC[C@@H]1N=C(c2ccc(F)cc2)c2cccn2-c2cc3c(cc21)OCCO3. The summed E-state index contributed by atoms with van der Waals surface area (Å²) in [5.74, 6) is 1.29. The van der Waals surface area contributed by atoms with Crippen LogP contribution in [0.5, 0.6) is 11.5 Å². The van der Waals surface area contributed by atoms with Gasteiger partial charge in [0, 0.05) is 23.4 Å². The Morgan fingerprint density at radius 3 is 2.56 bits per heavy atom. The number of hydrogen-bond donors (Lipinski definition) is 0. The first kappa shape index (κ1) is 16.1. The zero-order valence-electron chi connectivity index (χ0n) is 15.0. The van der Waals surface area contributed by atoms with Crippen LogP contribution in [-0.2, 0) is 0 Å². The summed E-state index contributed by atoms with van der Waals surface area (Å²) in [6.45, 7) is 3.23. The Hall–Kier alpha value is -3.08. The molecule has 0 spiro atoms. The minimum Gasteiger partial charge on any atom is -0.486 e. The molecule has 2 aliphatic heterocycles. The van der Waals surface area contributed by atoms with Crippen LogP contribution >= 0.6 is 0 Å². The highest BCUT2D eigenvalue weighted by molar-refractivity contribution is 6.12. The smallest absolute Gasteiger partial charge is 0.163 e. The summed E-state index contributed by atoms with van der Waals surface area (Å²) in [5.41, 5.74) is 4.90. The predicted molar refractivity (Wildman–Crippen MR) is 102 cm³/mol. The van der Waals surface area contributed by atoms with Gasteiger partial charge < -0.3 is 14.0 Å². The first-order valence-corrected chi connectivity index (χ1v) is 9.20. The van der Waals surface area contributed by atoms with Crippen LogP contribution in [0.4, 0.5) is 4.39 Å². The van der Waals surface area contributed by atoms with Gasteiger partial charge in [-0.3, -0.25) is 4.99 Å². The molecule has 0 N–H and O–H groups in total. The molecule has 5 rings (SSSR count). The highest BCUT2D eigenvalue weighted by atomic mass is 19.1. The van der Waals surface area contributed by atoms with E-state index in [-0.39, 0.29) is 11.9 Å². The zero-order valence-corrected chi connectivity index (χ0v) is 15.0. The van der Waals surface area contributed by atoms with Gasteiger partial charge in [-0.05, 0) is 48.9 Å². The first-order chi connectivity index (χ1) is 13.2. The number of aliphatic imine (C=N–C) groups is 1. The average Bonchev–Trinajstić information content (AvgIpc) is 3.14. The molecular weight excluding hydrogens is 343 g/mol. The van der Waals surface area contributed by atoms with Gasteiger partial charge in [0.05, 0.1) is 23.1 Å². The molecule has 0 radical (unpaired) electrons. The quantitative estimate of drug-likeness (QED) is 0.663. The van der Waals surface area contributed by atoms with Crippen molar-refractivity contribution in [3.8, 4) is 17.2 Å². The largest absolute Gasteiger partial charge is 0.486 e. The molecule has 1 aromatic heterocycles. The van der Waals surface area contributed by atoms with E-state index in [4.69, 9.17) is 14.5 Å². The van der Waals surface area contributed by atoms with E-state index < -0.39 is 0 Å². The molecule has 136 valence electrons. The Bertz CT molecular complexity index is 1040. The topological polar surface area (TPSA) is 35.8 Å². The van der Waals surface area contributed by atoms with E-state index in [9.17, 15) is 4.39 Å². The van der Waals surface area contributed by atoms with Crippen molar-refractivity contribution in [3.05, 3.63) is 77.4 Å². The minimum atomic E-state index is -0.249. The van der Waals surface area contributed by atoms with Crippen LogP contribution in [0.2, 0.25) is 0 Å². The van der Waals surface area contributed by atoms with Crippen LogP contribution in [-0.4, -0.2) is 23.5 Å². The standard InChI is InChI=1S/C22H19FN2O2/c1-2-17-16-12-20-21(27-11-10-26-20)13-19(16)25-9-3-4-18(25)22(24-17)14-5-7-15(23)8-6-14/h3-9,12-13,17H,2,10-11H2,1H3/t17-/m0/s1. The van der Waals surface area contributed by atoms with Crippen LogP contribution in [0, 0.1) is 5.82 Å². The zero-order chi connectivity index (χ0) is 18.4. The molecule has 27 heavy (non-hydrogen) atoms. The molecule has 1 atom stereocenters. The maximum absolute atomic E-state index is 13.4. The van der Waals surface area contributed by atoms with Gasteiger partial charge in [-0.2, -0.15) is 0 Å². The Labute approximate surface area is 156 Å². The Balaban J connectivity index is 1.74. The molecule has 4 nitrogen and oxygen atoms in total. The van der Waals surface area contributed by atoms with Crippen LogP contribution < -0.4 is 9.47 Å². The molecule has 0 saturated heterocycles. The monoisotopic (exact) mass is 362 g/mol. The van der Waals surface area contributed by atoms with Crippen LogP contribution in [0.1, 0.15) is 36.2 Å². The lowest BCUT2D eigenvalue weighted by Crippen LogP contribution is -2.16. The van der Waals surface area contributed by atoms with Gasteiger partial charge in [0.2, 0.25) is 0 Å². The molecule has 2 aromatic carbocycles. The van der Waals surface area contributed by atoms with Crippen molar-refractivity contribution in [1.82, 2.24) is 4.57 Å². The van der Waals surface area contributed by atoms with Crippen LogP contribution in [0.3, 0.4) is 0 Å². The van der Waals surface area contributed by atoms with E-state index >= 15 is 0 Å². The molecule has 0 fully saturated rings. The summed E-state index contributed by atoms with van der Waals surface area (Å²) in [7, 11) is 0. The molecule has 0 unspecified atom stereocenters. The fraction of sp³-hybridized carbons (Fsp3) is 0.227. The average molecular weight is 362 g/mol. The summed E-state index contributed by atoms with van der Waals surface area (Å²) in [5, 5.41) is 0. The molecule has 0 saturated carbocycles. The van der Waals surface area contributed by atoms with Crippen LogP contribution in [0.15, 0.2) is 59.7 Å². The van der Waals surface area contributed by atoms with Crippen molar-refractivity contribution < 1.29 is 13.9 Å². The van der Waals surface area contributed by atoms with E-state index in [1.807, 2.05) is 24.4 Å². The van der Waals surface area contributed by atoms with Crippen molar-refractivity contribution in [2.75, 3.05) is 13.2 Å². The fourth-order valence-electron chi connectivity index (χ4n) is 3.79. The number of aromatic nitrogens is 1. The first-order valence-electron chi connectivity index (χ1n) is 9.20. The van der Waals surface area contributed by atoms with Crippen molar-refractivity contribution >= 4 is 5.71 Å². The second kappa shape index (κ2) is 6.27. The molecule has 0 bridgehead atoms. The highest BCUT2D eigenvalue weighted by Crippen LogP contribution is 2.41. The summed E-state index contributed by atoms with van der Waals surface area (Å²) in [6.07, 6.45) is 2.88. The number of fused-ring (bicyclic) bond motifs is 4. The lowest BCUT2D eigenvalue weighted by Gasteiger charge is -2.22. The van der Waals surface area contributed by atoms with E-state index in [0.29, 0.717) is 13.2 Å². The van der Waals surface area contributed by atoms with E-state index in [0.717, 1.165) is 46.1 Å². The molecule has 2 aliphatic rings. The van der Waals surface area contributed by atoms with Crippen molar-refractivity contribution in [2.24, 2.45) is 4.99 Å². The van der Waals surface area contributed by atoms with Crippen molar-refractivity contribution in [2.45, 2.75) is 19.4 Å². The number of ether oxygens (including phenoxy) is 2. The number of halogens is 1. The van der Waals surface area contributed by atoms with E-state index in [2.05, 4.69) is 17.6 Å². The van der Waals surface area contributed by atoms with Gasteiger partial charge in [-0.15, -0.1) is 0 Å². The Kier molecular flexibility index (Phi) is 3.74. The number of hydrogen-bond acceptors (Lipinski definition) is 3. The predicted octanol–water partition coefficient (Wildman–Crippen LogP) is 4.69. The normalized spacial score (nSPS) is 17.6. The van der Waals surface area contributed by atoms with Crippen molar-refractivity contribution in [1.29, 1.82) is 0 Å². The van der Waals surface area contributed by atoms with Gasteiger partial charge in [0.15, 0.2) is 11.5 Å². The van der Waals surface area contributed by atoms with Gasteiger partial charge in [-0.1, -0.05) is 6.92 Å². The maximum Gasteiger partial charge on any atom is 0.163 e. The van der Waals surface area contributed by atoms with Gasteiger partial charge in [0.1, 0.15) is 19.0 Å². The van der Waals surface area contributed by atoms with Gasteiger partial charge in [-0.25, -0.2) is 4.39 Å². The highest BCUT2D eigenvalue weighted by Gasteiger charge is 2.26. The number of benzene rings is 2. The lowest BCUT2D eigenvalue weighted by atomic mass is 10.0. The number of rotatable bonds is 2. The molecule has 3 heterocycles. The maximum atomic E-state index is 13.4. The second-order valence-electron chi connectivity index (χ2n) is 6.73. The van der Waals surface area contributed by atoms with Crippen molar-refractivity contribution in [3.63, 3.8) is 0 Å². The number of nitrogens with zero attached hydrogens (tertiary/aromatic N) is 2. The molecule has 3 aromatic rings. The third-order valence-electron chi connectivity index (χ3n) is 5.09. The minimum absolute atomic E-state index is 0.0178. The third kappa shape index (κ3) is 2.62. The summed E-state index contributed by atoms with van der Waals surface area (Å²) < 4.78 is 27.1. The van der Waals surface area contributed by atoms with Gasteiger partial charge in [0.25, 0.3) is 0 Å².